The predicted octanol–water partition coefficient (Wildman–Crippen LogP) is 1.45. The van der Waals surface area contributed by atoms with Crippen LogP contribution in [0.4, 0.5) is 4.79 Å². The fourth-order valence-corrected chi connectivity index (χ4v) is 2.10. The van der Waals surface area contributed by atoms with Gasteiger partial charge in [-0.15, -0.1) is 0 Å². The third-order valence-electron chi connectivity index (χ3n) is 2.96. The van der Waals surface area contributed by atoms with Crippen molar-refractivity contribution < 1.29 is 19.4 Å². The Balaban J connectivity index is 2.45. The summed E-state index contributed by atoms with van der Waals surface area (Å²) >= 11 is 0. The second kappa shape index (κ2) is 6.75. The van der Waals surface area contributed by atoms with Crippen LogP contribution in [0.25, 0.3) is 0 Å². The lowest BCUT2D eigenvalue weighted by molar-refractivity contribution is -0.143. The molecule has 0 aromatic carbocycles. The van der Waals surface area contributed by atoms with E-state index in [0.29, 0.717) is 0 Å². The highest BCUT2D eigenvalue weighted by molar-refractivity contribution is 5.75. The van der Waals surface area contributed by atoms with Gasteiger partial charge in [-0.1, -0.05) is 6.42 Å². The molecule has 0 radical (unpaired) electrons. The number of carboxylic acid groups (broad SMARTS) is 1. The van der Waals surface area contributed by atoms with Crippen LogP contribution < -0.4 is 5.32 Å². The second-order valence-corrected chi connectivity index (χ2v) is 5.83. The monoisotopic (exact) mass is 272 g/mol. The molecule has 0 bridgehead atoms. The van der Waals surface area contributed by atoms with Gasteiger partial charge in [0.2, 0.25) is 0 Å². The molecule has 0 unspecified atom stereocenters. The fraction of sp³-hybridized carbons (Fsp3) is 0.846. The van der Waals surface area contributed by atoms with E-state index in [4.69, 9.17) is 4.74 Å². The highest BCUT2D eigenvalue weighted by Crippen LogP contribution is 2.12. The molecule has 0 spiro atoms. The number of carbonyl (C=O) groups excluding carboxylic acids is 1. The van der Waals surface area contributed by atoms with Crippen molar-refractivity contribution in [2.75, 3.05) is 19.6 Å². The van der Waals surface area contributed by atoms with E-state index in [0.717, 1.165) is 32.4 Å². The number of carboxylic acids is 1. The molecule has 1 fully saturated rings. The smallest absolute Gasteiger partial charge is 0.407 e. The quantitative estimate of drug-likeness (QED) is 0.810. The minimum atomic E-state index is -0.905. The van der Waals surface area contributed by atoms with E-state index in [2.05, 4.69) is 5.32 Å². The molecule has 1 heterocycles. The minimum Gasteiger partial charge on any atom is -0.480 e. The summed E-state index contributed by atoms with van der Waals surface area (Å²) in [6, 6.07) is -0.673. The molecule has 0 saturated carbocycles. The average Bonchev–Trinajstić information content (AvgIpc) is 2.27. The van der Waals surface area contributed by atoms with Crippen molar-refractivity contribution in [2.45, 2.75) is 51.7 Å². The van der Waals surface area contributed by atoms with Gasteiger partial charge in [0, 0.05) is 6.54 Å². The van der Waals surface area contributed by atoms with Crippen molar-refractivity contribution >= 4 is 12.1 Å². The SMILES string of the molecule is CC(C)(C)OC(=O)NC[C@H](C(=O)O)N1CCCCC1. The van der Waals surface area contributed by atoms with Crippen LogP contribution in [0.5, 0.6) is 0 Å². The van der Waals surface area contributed by atoms with Gasteiger partial charge in [-0.25, -0.2) is 4.79 Å². The number of hydrogen-bond donors (Lipinski definition) is 2. The Morgan fingerprint density at radius 1 is 1.26 bits per heavy atom. The van der Waals surface area contributed by atoms with Gasteiger partial charge >= 0.3 is 12.1 Å². The van der Waals surface area contributed by atoms with Crippen LogP contribution in [0.1, 0.15) is 40.0 Å². The van der Waals surface area contributed by atoms with Crippen molar-refractivity contribution in [2.24, 2.45) is 0 Å². The van der Waals surface area contributed by atoms with Crippen LogP contribution in [0.2, 0.25) is 0 Å². The molecule has 6 nitrogen and oxygen atoms in total. The Kier molecular flexibility index (Phi) is 5.60. The molecule has 19 heavy (non-hydrogen) atoms. The number of nitrogens with zero attached hydrogens (tertiary/aromatic N) is 1. The van der Waals surface area contributed by atoms with E-state index in [9.17, 15) is 14.7 Å². The first-order chi connectivity index (χ1) is 8.79. The van der Waals surface area contributed by atoms with E-state index >= 15 is 0 Å². The molecular weight excluding hydrogens is 248 g/mol. The largest absolute Gasteiger partial charge is 0.480 e. The molecule has 1 aliphatic rings. The molecule has 0 aliphatic carbocycles. The van der Waals surface area contributed by atoms with E-state index in [1.54, 1.807) is 20.8 Å². The topological polar surface area (TPSA) is 78.9 Å². The van der Waals surface area contributed by atoms with Crippen LogP contribution in [0, 0.1) is 0 Å². The van der Waals surface area contributed by atoms with Crippen molar-refractivity contribution in [1.82, 2.24) is 10.2 Å². The molecule has 0 aromatic rings. The summed E-state index contributed by atoms with van der Waals surface area (Å²) in [5.41, 5.74) is -0.575. The number of ether oxygens (including phenoxy) is 1. The van der Waals surface area contributed by atoms with Crippen LogP contribution in [0.3, 0.4) is 0 Å². The molecule has 2 N–H and O–H groups in total. The van der Waals surface area contributed by atoms with Gasteiger partial charge in [0.25, 0.3) is 0 Å². The van der Waals surface area contributed by atoms with E-state index < -0.39 is 23.7 Å². The maximum Gasteiger partial charge on any atom is 0.407 e. The number of carbonyl (C=O) groups is 2. The number of piperidine rings is 1. The molecule has 1 rings (SSSR count). The molecule has 6 heteroatoms. The predicted molar refractivity (Wildman–Crippen MR) is 71.1 cm³/mol. The fourth-order valence-electron chi connectivity index (χ4n) is 2.10. The Morgan fingerprint density at radius 2 is 1.84 bits per heavy atom. The molecule has 1 atom stereocenters. The van der Waals surface area contributed by atoms with Crippen LogP contribution in [0.15, 0.2) is 0 Å². The summed E-state index contributed by atoms with van der Waals surface area (Å²) in [7, 11) is 0. The Morgan fingerprint density at radius 3 is 2.32 bits per heavy atom. The Hall–Kier alpha value is -1.30. The van der Waals surface area contributed by atoms with E-state index in [1.807, 2.05) is 4.90 Å². The summed E-state index contributed by atoms with van der Waals surface area (Å²) < 4.78 is 5.09. The third kappa shape index (κ3) is 5.92. The molecule has 1 saturated heterocycles. The summed E-state index contributed by atoms with van der Waals surface area (Å²) in [5, 5.41) is 11.8. The number of alkyl carbamates (subject to hydrolysis) is 1. The van der Waals surface area contributed by atoms with Crippen LogP contribution >= 0.6 is 0 Å². The number of nitrogens with one attached hydrogen (secondary N) is 1. The number of amides is 1. The molecule has 1 amide bonds. The van der Waals surface area contributed by atoms with E-state index in [1.165, 1.54) is 0 Å². The third-order valence-corrected chi connectivity index (χ3v) is 2.96. The van der Waals surface area contributed by atoms with E-state index in [-0.39, 0.29) is 6.54 Å². The number of likely N-dealkylation sites (tertiary alicyclic amines) is 1. The zero-order valence-electron chi connectivity index (χ0n) is 11.9. The summed E-state index contributed by atoms with van der Waals surface area (Å²) in [6.45, 7) is 6.92. The molecule has 110 valence electrons. The number of hydrogen-bond acceptors (Lipinski definition) is 4. The average molecular weight is 272 g/mol. The van der Waals surface area contributed by atoms with Gasteiger partial charge in [0.15, 0.2) is 0 Å². The lowest BCUT2D eigenvalue weighted by atomic mass is 10.1. The summed E-state index contributed by atoms with van der Waals surface area (Å²) in [5.74, 6) is -0.905. The first kappa shape index (κ1) is 15.8. The number of aliphatic carboxylic acids is 1. The number of rotatable bonds is 4. The van der Waals surface area contributed by atoms with Gasteiger partial charge in [-0.2, -0.15) is 0 Å². The highest BCUT2D eigenvalue weighted by atomic mass is 16.6. The molecule has 0 aromatic heterocycles. The lowest BCUT2D eigenvalue weighted by Gasteiger charge is -2.32. The maximum absolute atomic E-state index is 11.5. The summed E-state index contributed by atoms with van der Waals surface area (Å²) in [4.78, 5) is 24.7. The molecular formula is C13H24N2O4. The van der Waals surface area contributed by atoms with Crippen molar-refractivity contribution in [1.29, 1.82) is 0 Å². The van der Waals surface area contributed by atoms with Crippen molar-refractivity contribution in [3.63, 3.8) is 0 Å². The Bertz CT molecular complexity index is 319. The summed E-state index contributed by atoms with van der Waals surface area (Å²) in [6.07, 6.45) is 2.59. The lowest BCUT2D eigenvalue weighted by Crippen LogP contribution is -2.50. The van der Waals surface area contributed by atoms with Gasteiger partial charge in [0.1, 0.15) is 11.6 Å². The van der Waals surface area contributed by atoms with Crippen molar-refractivity contribution in [3.05, 3.63) is 0 Å². The Labute approximate surface area is 114 Å². The highest BCUT2D eigenvalue weighted by Gasteiger charge is 2.27. The molecule has 1 aliphatic heterocycles. The van der Waals surface area contributed by atoms with Gasteiger partial charge in [-0.3, -0.25) is 9.69 Å². The van der Waals surface area contributed by atoms with Gasteiger partial charge in [0.05, 0.1) is 0 Å². The minimum absolute atomic E-state index is 0.0737. The van der Waals surface area contributed by atoms with Gasteiger partial charge in [-0.05, 0) is 46.7 Å². The van der Waals surface area contributed by atoms with Crippen LogP contribution in [-0.2, 0) is 9.53 Å². The zero-order valence-corrected chi connectivity index (χ0v) is 11.9. The van der Waals surface area contributed by atoms with Gasteiger partial charge < -0.3 is 15.2 Å². The first-order valence-electron chi connectivity index (χ1n) is 6.73. The second-order valence-electron chi connectivity index (χ2n) is 5.83. The normalized spacial score (nSPS) is 18.7. The maximum atomic E-state index is 11.5. The van der Waals surface area contributed by atoms with Crippen molar-refractivity contribution in [3.8, 4) is 0 Å². The van der Waals surface area contributed by atoms with Crippen LogP contribution in [-0.4, -0.2) is 53.3 Å². The zero-order chi connectivity index (χ0) is 14.5. The standard InChI is InChI=1S/C13H24N2O4/c1-13(2,3)19-12(18)14-9-10(11(16)17)15-7-5-4-6-8-15/h10H,4-9H2,1-3H3,(H,14,18)(H,16,17)/t10-/m1/s1. The first-order valence-corrected chi connectivity index (χ1v) is 6.73.